The number of nitro groups is 1. The molecule has 1 N–H and O–H groups in total. The molecule has 1 saturated heterocycles. The lowest BCUT2D eigenvalue weighted by molar-refractivity contribution is -0.384. The van der Waals surface area contributed by atoms with Crippen molar-refractivity contribution in [1.29, 1.82) is 0 Å². The van der Waals surface area contributed by atoms with Crippen LogP contribution in [0.4, 0.5) is 11.4 Å². The van der Waals surface area contributed by atoms with Crippen LogP contribution in [-0.2, 0) is 0 Å². The number of hydrogen-bond donors (Lipinski definition) is 1. The van der Waals surface area contributed by atoms with Crippen molar-refractivity contribution >= 4 is 34.9 Å². The SMILES string of the molecule is Cc1ccc([N+](=O)[O-])c(NCC2CSCCS2)c1. The largest absolute Gasteiger partial charge is 0.378 e. The molecule has 0 aromatic heterocycles. The van der Waals surface area contributed by atoms with Crippen molar-refractivity contribution in [3.8, 4) is 0 Å². The second kappa shape index (κ2) is 6.33. The zero-order valence-corrected chi connectivity index (χ0v) is 11.9. The van der Waals surface area contributed by atoms with Crippen LogP contribution in [0.25, 0.3) is 0 Å². The number of hydrogen-bond acceptors (Lipinski definition) is 5. The molecule has 0 saturated carbocycles. The molecule has 0 radical (unpaired) electrons. The van der Waals surface area contributed by atoms with Crippen LogP contribution in [0.15, 0.2) is 18.2 Å². The molecule has 0 spiro atoms. The standard InChI is InChI=1S/C12H16N2O2S2/c1-9-2-3-12(14(15)16)11(6-9)13-7-10-8-17-4-5-18-10/h2-3,6,10,13H,4-5,7-8H2,1H3. The summed E-state index contributed by atoms with van der Waals surface area (Å²) < 4.78 is 0. The predicted octanol–water partition coefficient (Wildman–Crippen LogP) is 3.16. The number of benzene rings is 1. The smallest absolute Gasteiger partial charge is 0.292 e. The van der Waals surface area contributed by atoms with Gasteiger partial charge in [-0.2, -0.15) is 23.5 Å². The van der Waals surface area contributed by atoms with Gasteiger partial charge in [-0.15, -0.1) is 0 Å². The highest BCUT2D eigenvalue weighted by atomic mass is 32.2. The summed E-state index contributed by atoms with van der Waals surface area (Å²) in [7, 11) is 0. The Kier molecular flexibility index (Phi) is 4.77. The average molecular weight is 284 g/mol. The van der Waals surface area contributed by atoms with Gasteiger partial charge in [0.05, 0.1) is 4.92 Å². The van der Waals surface area contributed by atoms with E-state index in [1.54, 1.807) is 12.1 Å². The maximum absolute atomic E-state index is 10.9. The molecule has 1 aliphatic rings. The molecule has 1 atom stereocenters. The van der Waals surface area contributed by atoms with Gasteiger partial charge < -0.3 is 5.32 Å². The third kappa shape index (κ3) is 3.55. The fourth-order valence-corrected chi connectivity index (χ4v) is 4.44. The maximum Gasteiger partial charge on any atom is 0.292 e. The van der Waals surface area contributed by atoms with Crippen molar-refractivity contribution < 1.29 is 4.92 Å². The van der Waals surface area contributed by atoms with Gasteiger partial charge in [0.2, 0.25) is 0 Å². The molecule has 6 heteroatoms. The first kappa shape index (κ1) is 13.5. The van der Waals surface area contributed by atoms with E-state index in [-0.39, 0.29) is 10.6 Å². The minimum Gasteiger partial charge on any atom is -0.378 e. The molecule has 98 valence electrons. The molecule has 1 aliphatic heterocycles. The number of rotatable bonds is 4. The molecule has 1 aromatic carbocycles. The van der Waals surface area contributed by atoms with E-state index in [0.29, 0.717) is 10.9 Å². The van der Waals surface area contributed by atoms with Gasteiger partial charge in [0.1, 0.15) is 5.69 Å². The lowest BCUT2D eigenvalue weighted by atomic mass is 10.2. The van der Waals surface area contributed by atoms with Crippen molar-refractivity contribution in [2.45, 2.75) is 12.2 Å². The summed E-state index contributed by atoms with van der Waals surface area (Å²) in [6, 6.07) is 5.19. The van der Waals surface area contributed by atoms with Crippen LogP contribution in [0.1, 0.15) is 5.56 Å². The Morgan fingerprint density at radius 2 is 2.33 bits per heavy atom. The van der Waals surface area contributed by atoms with Crippen LogP contribution in [-0.4, -0.2) is 34.0 Å². The van der Waals surface area contributed by atoms with Gasteiger partial charge in [0.15, 0.2) is 0 Å². The highest BCUT2D eigenvalue weighted by Gasteiger charge is 2.17. The first-order valence-corrected chi connectivity index (χ1v) is 8.05. The summed E-state index contributed by atoms with van der Waals surface area (Å²) in [4.78, 5) is 10.6. The van der Waals surface area contributed by atoms with E-state index < -0.39 is 0 Å². The number of nitrogens with zero attached hydrogens (tertiary/aromatic N) is 1. The van der Waals surface area contributed by atoms with E-state index in [9.17, 15) is 10.1 Å². The van der Waals surface area contributed by atoms with Gasteiger partial charge in [-0.1, -0.05) is 6.07 Å². The van der Waals surface area contributed by atoms with E-state index >= 15 is 0 Å². The van der Waals surface area contributed by atoms with E-state index in [1.807, 2.05) is 36.5 Å². The molecule has 1 unspecified atom stereocenters. The first-order valence-electron chi connectivity index (χ1n) is 5.85. The van der Waals surface area contributed by atoms with Crippen LogP contribution in [0.3, 0.4) is 0 Å². The van der Waals surface area contributed by atoms with Crippen molar-refractivity contribution in [1.82, 2.24) is 0 Å². The highest BCUT2D eigenvalue weighted by molar-refractivity contribution is 8.06. The third-order valence-electron chi connectivity index (χ3n) is 2.75. The predicted molar refractivity (Wildman–Crippen MR) is 79.9 cm³/mol. The van der Waals surface area contributed by atoms with Gasteiger partial charge >= 0.3 is 0 Å². The van der Waals surface area contributed by atoms with Gasteiger partial charge in [-0.3, -0.25) is 10.1 Å². The Morgan fingerprint density at radius 1 is 1.50 bits per heavy atom. The molecule has 18 heavy (non-hydrogen) atoms. The Hall–Kier alpha value is -0.880. The molecule has 1 fully saturated rings. The monoisotopic (exact) mass is 284 g/mol. The Morgan fingerprint density at radius 3 is 3.00 bits per heavy atom. The summed E-state index contributed by atoms with van der Waals surface area (Å²) in [5.74, 6) is 3.51. The molecular formula is C12H16N2O2S2. The summed E-state index contributed by atoms with van der Waals surface area (Å²) in [6.07, 6.45) is 0. The van der Waals surface area contributed by atoms with Crippen LogP contribution >= 0.6 is 23.5 Å². The number of nitro benzene ring substituents is 1. The van der Waals surface area contributed by atoms with Crippen molar-refractivity contribution in [2.24, 2.45) is 0 Å². The quantitative estimate of drug-likeness (QED) is 0.680. The van der Waals surface area contributed by atoms with Crippen molar-refractivity contribution in [3.05, 3.63) is 33.9 Å². The lowest BCUT2D eigenvalue weighted by Gasteiger charge is -2.21. The van der Waals surface area contributed by atoms with Crippen LogP contribution in [0, 0.1) is 17.0 Å². The second-order valence-electron chi connectivity index (χ2n) is 4.23. The zero-order chi connectivity index (χ0) is 13.0. The molecule has 4 nitrogen and oxygen atoms in total. The molecular weight excluding hydrogens is 268 g/mol. The normalized spacial score (nSPS) is 19.5. The van der Waals surface area contributed by atoms with E-state index in [0.717, 1.165) is 17.9 Å². The van der Waals surface area contributed by atoms with Crippen LogP contribution < -0.4 is 5.32 Å². The van der Waals surface area contributed by atoms with Crippen molar-refractivity contribution in [3.63, 3.8) is 0 Å². The van der Waals surface area contributed by atoms with E-state index in [1.165, 1.54) is 11.5 Å². The van der Waals surface area contributed by atoms with Crippen LogP contribution in [0.5, 0.6) is 0 Å². The number of thioether (sulfide) groups is 2. The van der Waals surface area contributed by atoms with E-state index in [4.69, 9.17) is 0 Å². The topological polar surface area (TPSA) is 55.2 Å². The second-order valence-corrected chi connectivity index (χ2v) is 6.78. The lowest BCUT2D eigenvalue weighted by Crippen LogP contribution is -2.23. The highest BCUT2D eigenvalue weighted by Crippen LogP contribution is 2.28. The van der Waals surface area contributed by atoms with Crippen molar-refractivity contribution in [2.75, 3.05) is 29.1 Å². The van der Waals surface area contributed by atoms with Gasteiger partial charge in [0, 0.05) is 35.1 Å². The fourth-order valence-electron chi connectivity index (χ4n) is 1.83. The summed E-state index contributed by atoms with van der Waals surface area (Å²) in [6.45, 7) is 2.74. The van der Waals surface area contributed by atoms with Gasteiger partial charge in [0.25, 0.3) is 5.69 Å². The molecule has 0 bridgehead atoms. The minimum atomic E-state index is -0.329. The number of nitrogens with one attached hydrogen (secondary N) is 1. The van der Waals surface area contributed by atoms with Gasteiger partial charge in [-0.05, 0) is 18.6 Å². The Balaban J connectivity index is 2.03. The first-order chi connectivity index (χ1) is 8.66. The number of anilines is 1. The summed E-state index contributed by atoms with van der Waals surface area (Å²) >= 11 is 3.90. The Bertz CT molecular complexity index is 434. The van der Waals surface area contributed by atoms with E-state index in [2.05, 4.69) is 5.32 Å². The molecule has 0 aliphatic carbocycles. The molecule has 0 amide bonds. The maximum atomic E-state index is 10.9. The van der Waals surface area contributed by atoms with Gasteiger partial charge in [-0.25, -0.2) is 0 Å². The summed E-state index contributed by atoms with van der Waals surface area (Å²) in [5, 5.41) is 14.7. The third-order valence-corrected chi connectivity index (χ3v) is 5.60. The number of aryl methyl sites for hydroxylation is 1. The summed E-state index contributed by atoms with van der Waals surface area (Å²) in [5.41, 5.74) is 1.83. The molecule has 1 aromatic rings. The fraction of sp³-hybridized carbons (Fsp3) is 0.500. The Labute approximate surface area is 115 Å². The average Bonchev–Trinajstić information content (AvgIpc) is 2.37. The molecule has 2 rings (SSSR count). The minimum absolute atomic E-state index is 0.161. The zero-order valence-electron chi connectivity index (χ0n) is 10.2. The van der Waals surface area contributed by atoms with Crippen LogP contribution in [0.2, 0.25) is 0 Å². The molecule has 1 heterocycles.